The predicted octanol–water partition coefficient (Wildman–Crippen LogP) is 9.37. The first-order valence-electron chi connectivity index (χ1n) is 13.6. The molecule has 208 valence electrons. The van der Waals surface area contributed by atoms with Gasteiger partial charge in [-0.1, -0.05) is 66.0 Å². The molecule has 0 unspecified atom stereocenters. The van der Waals surface area contributed by atoms with Crippen molar-refractivity contribution in [1.29, 1.82) is 0 Å². The summed E-state index contributed by atoms with van der Waals surface area (Å²) < 4.78 is 13.9. The van der Waals surface area contributed by atoms with Crippen molar-refractivity contribution >= 4 is 66.5 Å². The number of hydrogen-bond acceptors (Lipinski definition) is 5. The molecule has 2 atom stereocenters. The van der Waals surface area contributed by atoms with Crippen molar-refractivity contribution in [2.45, 2.75) is 52.2 Å². The van der Waals surface area contributed by atoms with E-state index in [1.165, 1.54) is 18.2 Å². The summed E-state index contributed by atoms with van der Waals surface area (Å²) in [7, 11) is 0. The van der Waals surface area contributed by atoms with Crippen LogP contribution < -0.4 is 9.47 Å². The van der Waals surface area contributed by atoms with Crippen LogP contribution in [0.15, 0.2) is 85.6 Å². The zero-order valence-corrected chi connectivity index (χ0v) is 26.6. The third-order valence-electron chi connectivity index (χ3n) is 7.14. The van der Waals surface area contributed by atoms with Gasteiger partial charge in [0.05, 0.1) is 21.7 Å². The van der Waals surface area contributed by atoms with Crippen LogP contribution in [0, 0.1) is 5.92 Å². The van der Waals surface area contributed by atoms with E-state index in [1.54, 1.807) is 0 Å². The lowest BCUT2D eigenvalue weighted by Gasteiger charge is -2.35. The van der Waals surface area contributed by atoms with Crippen molar-refractivity contribution in [3.63, 3.8) is 0 Å². The number of nitrogens with zero attached hydrogens (tertiary/aromatic N) is 2. The molecule has 8 heteroatoms. The molecule has 1 aliphatic carbocycles. The number of hydrogen-bond donors (Lipinski definition) is 0. The molecule has 1 saturated carbocycles. The van der Waals surface area contributed by atoms with Crippen LogP contribution in [0.2, 0.25) is 0 Å². The van der Waals surface area contributed by atoms with Gasteiger partial charge in [-0.05, 0) is 107 Å². The number of rotatable bonds is 8. The van der Waals surface area contributed by atoms with Gasteiger partial charge < -0.3 is 9.47 Å². The molecule has 0 spiro atoms. The number of halogens is 2. The topological polar surface area (TPSA) is 51.1 Å². The van der Waals surface area contributed by atoms with Crippen molar-refractivity contribution in [2.75, 3.05) is 6.61 Å². The zero-order chi connectivity index (χ0) is 28.1. The normalized spacial score (nSPS) is 21.3. The second kappa shape index (κ2) is 13.4. The average Bonchev–Trinajstić information content (AvgIpc) is 3.24. The van der Waals surface area contributed by atoms with E-state index in [4.69, 9.17) is 14.5 Å². The third kappa shape index (κ3) is 6.84. The first-order valence-corrected chi connectivity index (χ1v) is 16.0. The highest BCUT2D eigenvalue weighted by atomic mass is 79.9. The van der Waals surface area contributed by atoms with Crippen LogP contribution in [-0.4, -0.2) is 28.6 Å². The van der Waals surface area contributed by atoms with Crippen LogP contribution in [0.4, 0.5) is 5.69 Å². The molecule has 2 aliphatic rings. The summed E-state index contributed by atoms with van der Waals surface area (Å²) >= 11 is 8.61. The van der Waals surface area contributed by atoms with Gasteiger partial charge in [-0.25, -0.2) is 4.99 Å². The minimum atomic E-state index is 0.0167. The SMILES string of the molecule is CCOc1cc(/C=C2\SC(=Nc3ccccc3)N([C@@H]3CCCC[C@@H]3C)C2=O)cc(Br)c1OCc1ccc(Br)cc1. The van der Waals surface area contributed by atoms with Crippen LogP contribution >= 0.6 is 43.6 Å². The van der Waals surface area contributed by atoms with E-state index >= 15 is 0 Å². The summed E-state index contributed by atoms with van der Waals surface area (Å²) in [6, 6.07) is 22.0. The van der Waals surface area contributed by atoms with Crippen LogP contribution in [-0.2, 0) is 11.4 Å². The summed E-state index contributed by atoms with van der Waals surface area (Å²) in [4.78, 5) is 21.4. The van der Waals surface area contributed by atoms with Crippen molar-refractivity contribution in [3.05, 3.63) is 91.7 Å². The van der Waals surface area contributed by atoms with E-state index in [2.05, 4.69) is 38.8 Å². The fourth-order valence-corrected chi connectivity index (χ4v) is 7.00. The lowest BCUT2D eigenvalue weighted by atomic mass is 9.85. The molecule has 1 saturated heterocycles. The number of benzene rings is 3. The lowest BCUT2D eigenvalue weighted by Crippen LogP contribution is -2.44. The molecule has 3 aromatic carbocycles. The molecule has 0 aromatic heterocycles. The summed E-state index contributed by atoms with van der Waals surface area (Å²) in [5.74, 6) is 1.72. The van der Waals surface area contributed by atoms with Crippen LogP contribution in [0.25, 0.3) is 6.08 Å². The monoisotopic (exact) mass is 682 g/mol. The maximum Gasteiger partial charge on any atom is 0.267 e. The van der Waals surface area contributed by atoms with Crippen molar-refractivity contribution in [3.8, 4) is 11.5 Å². The van der Waals surface area contributed by atoms with Crippen molar-refractivity contribution in [2.24, 2.45) is 10.9 Å². The Morgan fingerprint density at radius 2 is 1.77 bits per heavy atom. The molecule has 5 rings (SSSR count). The number of para-hydroxylation sites is 1. The van der Waals surface area contributed by atoms with Crippen molar-refractivity contribution < 1.29 is 14.3 Å². The number of ether oxygens (including phenoxy) is 2. The van der Waals surface area contributed by atoms with Crippen molar-refractivity contribution in [1.82, 2.24) is 4.90 Å². The quantitative estimate of drug-likeness (QED) is 0.222. The van der Waals surface area contributed by atoms with Gasteiger partial charge in [0.1, 0.15) is 6.61 Å². The van der Waals surface area contributed by atoms with Gasteiger partial charge in [0.15, 0.2) is 16.7 Å². The van der Waals surface area contributed by atoms with Gasteiger partial charge in [0.2, 0.25) is 0 Å². The van der Waals surface area contributed by atoms with Crippen LogP contribution in [0.1, 0.15) is 50.7 Å². The Morgan fingerprint density at radius 3 is 2.50 bits per heavy atom. The highest BCUT2D eigenvalue weighted by Crippen LogP contribution is 2.42. The lowest BCUT2D eigenvalue weighted by molar-refractivity contribution is -0.124. The number of amides is 1. The maximum absolute atomic E-state index is 13.9. The molecule has 5 nitrogen and oxygen atoms in total. The Morgan fingerprint density at radius 1 is 1.02 bits per heavy atom. The maximum atomic E-state index is 13.9. The standard InChI is InChI=1S/C32H32Br2N2O3S/c1-3-38-28-18-23(17-26(34)30(28)39-20-22-13-15-24(33)16-14-22)19-29-31(37)36(27-12-8-7-9-21(27)2)32(40-29)35-25-10-5-4-6-11-25/h4-6,10-11,13-19,21,27H,3,7-9,12,20H2,1-2H3/b29-19-,35-32?/t21-,27+/m0/s1. The summed E-state index contributed by atoms with van der Waals surface area (Å²) in [6.07, 6.45) is 6.41. The zero-order valence-electron chi connectivity index (χ0n) is 22.6. The second-order valence-corrected chi connectivity index (χ2v) is 12.8. The number of carbonyl (C=O) groups is 1. The largest absolute Gasteiger partial charge is 0.490 e. The van der Waals surface area contributed by atoms with Gasteiger partial charge in [-0.3, -0.25) is 9.69 Å². The van der Waals surface area contributed by atoms with Gasteiger partial charge in [0.25, 0.3) is 5.91 Å². The number of carbonyl (C=O) groups excluding carboxylic acids is 1. The number of aliphatic imine (C=N–C) groups is 1. The Balaban J connectivity index is 1.45. The first-order chi connectivity index (χ1) is 19.4. The molecule has 0 bridgehead atoms. The Bertz CT molecular complexity index is 1410. The average molecular weight is 684 g/mol. The molecular weight excluding hydrogens is 652 g/mol. The van der Waals surface area contributed by atoms with Crippen LogP contribution in [0.3, 0.4) is 0 Å². The van der Waals surface area contributed by atoms with Gasteiger partial charge in [-0.2, -0.15) is 0 Å². The molecule has 3 aromatic rings. The molecule has 1 heterocycles. The van der Waals surface area contributed by atoms with Crippen LogP contribution in [0.5, 0.6) is 11.5 Å². The Hall–Kier alpha value is -2.55. The second-order valence-electron chi connectivity index (χ2n) is 10.0. The highest BCUT2D eigenvalue weighted by molar-refractivity contribution is 9.10. The van der Waals surface area contributed by atoms with Gasteiger partial charge in [0, 0.05) is 10.5 Å². The number of amidine groups is 1. The molecular formula is C32H32Br2N2O3S. The molecule has 40 heavy (non-hydrogen) atoms. The molecule has 1 aliphatic heterocycles. The minimum Gasteiger partial charge on any atom is -0.490 e. The smallest absolute Gasteiger partial charge is 0.267 e. The Labute approximate surface area is 257 Å². The minimum absolute atomic E-state index is 0.0167. The van der Waals surface area contributed by atoms with E-state index in [9.17, 15) is 4.79 Å². The van der Waals surface area contributed by atoms with E-state index in [-0.39, 0.29) is 11.9 Å². The number of thioether (sulfide) groups is 1. The summed E-state index contributed by atoms with van der Waals surface area (Å²) in [6.45, 7) is 5.11. The molecule has 0 N–H and O–H groups in total. The summed E-state index contributed by atoms with van der Waals surface area (Å²) in [5.41, 5.74) is 2.76. The highest BCUT2D eigenvalue weighted by Gasteiger charge is 2.41. The third-order valence-corrected chi connectivity index (χ3v) is 9.24. The van der Waals surface area contributed by atoms with Gasteiger partial charge in [-0.15, -0.1) is 0 Å². The Kier molecular flexibility index (Phi) is 9.71. The molecule has 2 fully saturated rings. The fourth-order valence-electron chi connectivity index (χ4n) is 5.11. The molecule has 0 radical (unpaired) electrons. The van der Waals surface area contributed by atoms with E-state index in [0.29, 0.717) is 35.5 Å². The van der Waals surface area contributed by atoms with E-state index < -0.39 is 0 Å². The van der Waals surface area contributed by atoms with E-state index in [1.807, 2.05) is 84.6 Å². The van der Waals surface area contributed by atoms with E-state index in [0.717, 1.165) is 50.2 Å². The molecule has 1 amide bonds. The fraction of sp³-hybridized carbons (Fsp3) is 0.312. The first kappa shape index (κ1) is 29.0. The van der Waals surface area contributed by atoms with Gasteiger partial charge >= 0.3 is 0 Å². The predicted molar refractivity (Wildman–Crippen MR) is 171 cm³/mol. The summed E-state index contributed by atoms with van der Waals surface area (Å²) in [5, 5.41) is 0.750.